The summed E-state index contributed by atoms with van der Waals surface area (Å²) in [5.41, 5.74) is 9.03. The van der Waals surface area contributed by atoms with Gasteiger partial charge in [-0.25, -0.2) is 4.98 Å². The van der Waals surface area contributed by atoms with Crippen LogP contribution >= 0.6 is 0 Å². The molecule has 0 bridgehead atoms. The number of ether oxygens (including phenoxy) is 1. The fourth-order valence-corrected chi connectivity index (χ4v) is 3.25. The van der Waals surface area contributed by atoms with Crippen molar-refractivity contribution in [3.8, 4) is 0 Å². The first-order valence-electron chi connectivity index (χ1n) is 9.71. The second-order valence-corrected chi connectivity index (χ2v) is 7.20. The van der Waals surface area contributed by atoms with Crippen LogP contribution in [0.1, 0.15) is 17.4 Å². The lowest BCUT2D eigenvalue weighted by molar-refractivity contribution is -0.885. The smallest absolute Gasteiger partial charge is 0.418 e. The molecule has 0 aliphatic carbocycles. The molecule has 0 radical (unpaired) electrons. The van der Waals surface area contributed by atoms with E-state index >= 15 is 0 Å². The third kappa shape index (κ3) is 5.68. The Labute approximate surface area is 184 Å². The first-order valence-corrected chi connectivity index (χ1v) is 9.71. The number of benzene rings is 1. The summed E-state index contributed by atoms with van der Waals surface area (Å²) in [6.07, 6.45) is -1.44. The van der Waals surface area contributed by atoms with Gasteiger partial charge in [0.05, 0.1) is 6.61 Å². The molecule has 4 atom stereocenters. The molecule has 3 heterocycles. The van der Waals surface area contributed by atoms with Gasteiger partial charge < -0.3 is 47.9 Å². The highest BCUT2D eigenvalue weighted by Crippen LogP contribution is 2.31. The second-order valence-electron chi connectivity index (χ2n) is 7.20. The number of aliphatic hydroxyl groups is 3. The third-order valence-electron chi connectivity index (χ3n) is 4.94. The Kier molecular flexibility index (Phi) is 7.36. The molecule has 5 N–H and O–H groups in total. The molecule has 33 heavy (non-hydrogen) atoms. The van der Waals surface area contributed by atoms with Gasteiger partial charge in [0.2, 0.25) is 11.2 Å². The molecule has 1 aliphatic heterocycles. The zero-order valence-corrected chi connectivity index (χ0v) is 17.3. The van der Waals surface area contributed by atoms with Gasteiger partial charge >= 0.3 is 7.25 Å². The van der Waals surface area contributed by atoms with E-state index in [-0.39, 0.29) is 5.82 Å². The molecule has 1 fully saturated rings. The number of aromatic nitrogens is 4. The summed E-state index contributed by atoms with van der Waals surface area (Å²) in [5.74, 6) is 0.240. The highest BCUT2D eigenvalue weighted by Gasteiger charge is 2.44. The monoisotopic (exact) mass is 475 g/mol. The van der Waals surface area contributed by atoms with Crippen molar-refractivity contribution in [1.29, 1.82) is 0 Å². The van der Waals surface area contributed by atoms with Crippen LogP contribution in [0.4, 0.5) is 23.1 Å². The molecule has 3 aromatic rings. The van der Waals surface area contributed by atoms with E-state index in [2.05, 4.69) is 9.97 Å². The maximum Gasteiger partial charge on any atom is 0.673 e. The molecule has 0 spiro atoms. The van der Waals surface area contributed by atoms with Crippen molar-refractivity contribution >= 4 is 24.2 Å². The normalized spacial score (nSPS) is 22.8. The summed E-state index contributed by atoms with van der Waals surface area (Å²) < 4.78 is 47.3. The number of imidazole rings is 1. The van der Waals surface area contributed by atoms with Gasteiger partial charge in [0.15, 0.2) is 12.8 Å². The summed E-state index contributed by atoms with van der Waals surface area (Å²) in [4.78, 5) is 14.3. The lowest BCUT2D eigenvalue weighted by atomic mass is 10.1. The van der Waals surface area contributed by atoms with E-state index in [4.69, 9.17) is 15.3 Å². The number of nitrogens with two attached hydrogens (primary N) is 1. The average Bonchev–Trinajstić information content (AvgIpc) is 3.29. The van der Waals surface area contributed by atoms with E-state index in [0.717, 1.165) is 11.1 Å². The molecular formula is C18H22BF4N5O5. The van der Waals surface area contributed by atoms with E-state index < -0.39 is 38.4 Å². The van der Waals surface area contributed by atoms with Gasteiger partial charge in [0.1, 0.15) is 24.6 Å². The molecule has 0 saturated carbocycles. The SMILES string of the molecule is Cc1ccccc1CO[n+]1cnc2c(ncn2[C@@H]2O[C@H](CO)[C@@H](O)[C@H]2O)c1N.F[B-](F)(F)F. The fraction of sp³-hybridized carbons (Fsp3) is 0.389. The minimum absolute atomic E-state index is 0.240. The number of nitrogen functional groups attached to an aromatic ring is 1. The van der Waals surface area contributed by atoms with Crippen molar-refractivity contribution in [2.75, 3.05) is 12.3 Å². The molecule has 15 heteroatoms. The van der Waals surface area contributed by atoms with Crippen LogP contribution in [-0.4, -0.2) is 62.0 Å². The van der Waals surface area contributed by atoms with Crippen LogP contribution in [0.2, 0.25) is 0 Å². The number of halogens is 4. The number of aryl methyl sites for hydroxylation is 1. The van der Waals surface area contributed by atoms with E-state index in [0.29, 0.717) is 17.8 Å². The summed E-state index contributed by atoms with van der Waals surface area (Å²) in [6, 6.07) is 7.85. The quantitative estimate of drug-likeness (QED) is 0.232. The van der Waals surface area contributed by atoms with Gasteiger partial charge in [-0.1, -0.05) is 34.0 Å². The summed E-state index contributed by atoms with van der Waals surface area (Å²) in [5, 5.41) is 29.4. The number of hydrogen-bond donors (Lipinski definition) is 4. The lowest BCUT2D eigenvalue weighted by Gasteiger charge is -2.15. The summed E-state index contributed by atoms with van der Waals surface area (Å²) in [6.45, 7) is 1.89. The zero-order valence-electron chi connectivity index (χ0n) is 17.3. The van der Waals surface area contributed by atoms with Gasteiger partial charge in [0, 0.05) is 0 Å². The maximum absolute atomic E-state index is 10.2. The topological polar surface area (TPSA) is 140 Å². The number of aliphatic hydroxyl groups excluding tert-OH is 3. The molecule has 2 aromatic heterocycles. The standard InChI is InChI=1S/C18H21N5O5.BF4/c1-10-4-2-3-5-11(10)7-27-23-9-21-17-13(16(23)19)20-8-22(17)18-15(26)14(25)12(6-24)28-18;2-1(3,4)5/h2-5,8-9,12,14-15,18-19,24-26H,6-7H2,1H3;/q;-1/p+1/t12-,14-,15-,18-;/m1./s1. The predicted octanol–water partition coefficient (Wildman–Crippen LogP) is 0.150. The van der Waals surface area contributed by atoms with Crippen LogP contribution in [-0.2, 0) is 11.3 Å². The van der Waals surface area contributed by atoms with Crippen molar-refractivity contribution in [2.24, 2.45) is 0 Å². The van der Waals surface area contributed by atoms with Crippen LogP contribution in [0.3, 0.4) is 0 Å². The van der Waals surface area contributed by atoms with Gasteiger partial charge in [-0.3, -0.25) is 4.57 Å². The van der Waals surface area contributed by atoms with Crippen LogP contribution in [0.15, 0.2) is 36.9 Å². The fourth-order valence-electron chi connectivity index (χ4n) is 3.25. The number of fused-ring (bicyclic) bond motifs is 1. The summed E-state index contributed by atoms with van der Waals surface area (Å²) in [7, 11) is -6.00. The molecule has 1 aromatic carbocycles. The molecule has 4 rings (SSSR count). The Balaban J connectivity index is 0.000000555. The molecule has 0 unspecified atom stereocenters. The molecule has 10 nitrogen and oxygen atoms in total. The van der Waals surface area contributed by atoms with E-state index in [1.165, 1.54) is 22.0 Å². The number of nitrogens with zero attached hydrogens (tertiary/aromatic N) is 4. The minimum atomic E-state index is -6.00. The largest absolute Gasteiger partial charge is 0.673 e. The van der Waals surface area contributed by atoms with Gasteiger partial charge in [-0.2, -0.15) is 0 Å². The van der Waals surface area contributed by atoms with Gasteiger partial charge in [0.25, 0.3) is 12.1 Å². The van der Waals surface area contributed by atoms with Crippen molar-refractivity contribution in [2.45, 2.75) is 38.1 Å². The Morgan fingerprint density at radius 1 is 1.18 bits per heavy atom. The Hall–Kier alpha value is -3.01. The first-order chi connectivity index (χ1) is 15.5. The number of anilines is 1. The Morgan fingerprint density at radius 3 is 2.45 bits per heavy atom. The number of hydrogen-bond acceptors (Lipinski definition) is 8. The van der Waals surface area contributed by atoms with Crippen LogP contribution < -0.4 is 15.3 Å². The Morgan fingerprint density at radius 2 is 1.85 bits per heavy atom. The molecule has 180 valence electrons. The van der Waals surface area contributed by atoms with Crippen molar-refractivity contribution in [3.63, 3.8) is 0 Å². The van der Waals surface area contributed by atoms with E-state index in [1.807, 2.05) is 31.2 Å². The van der Waals surface area contributed by atoms with Gasteiger partial charge in [-0.05, 0) is 18.1 Å². The van der Waals surface area contributed by atoms with E-state index in [9.17, 15) is 32.6 Å². The van der Waals surface area contributed by atoms with Crippen LogP contribution in [0.25, 0.3) is 11.2 Å². The number of rotatable bonds is 5. The van der Waals surface area contributed by atoms with Crippen molar-refractivity contribution < 1.29 is 46.9 Å². The Bertz CT molecular complexity index is 1100. The third-order valence-corrected chi connectivity index (χ3v) is 4.94. The second kappa shape index (κ2) is 9.86. The van der Waals surface area contributed by atoms with Crippen molar-refractivity contribution in [1.82, 2.24) is 14.5 Å². The molecular weight excluding hydrogens is 453 g/mol. The average molecular weight is 475 g/mol. The van der Waals surface area contributed by atoms with Crippen LogP contribution in [0, 0.1) is 6.92 Å². The lowest BCUT2D eigenvalue weighted by Crippen LogP contribution is -2.45. The van der Waals surface area contributed by atoms with E-state index in [1.54, 1.807) is 0 Å². The zero-order chi connectivity index (χ0) is 24.3. The minimum Gasteiger partial charge on any atom is -0.418 e. The van der Waals surface area contributed by atoms with Gasteiger partial charge in [-0.15, -0.1) is 0 Å². The molecule has 1 aliphatic rings. The van der Waals surface area contributed by atoms with Crippen molar-refractivity contribution in [3.05, 3.63) is 48.0 Å². The van der Waals surface area contributed by atoms with Crippen LogP contribution in [0.5, 0.6) is 0 Å². The maximum atomic E-state index is 10.2. The molecule has 0 amide bonds. The first kappa shape index (κ1) is 24.6. The highest BCUT2D eigenvalue weighted by atomic mass is 19.5. The molecule has 1 saturated heterocycles. The highest BCUT2D eigenvalue weighted by molar-refractivity contribution is 6.50. The predicted molar refractivity (Wildman–Crippen MR) is 107 cm³/mol. The summed E-state index contributed by atoms with van der Waals surface area (Å²) >= 11 is 0.